The van der Waals surface area contributed by atoms with Crippen molar-refractivity contribution in [2.24, 2.45) is 0 Å². The topological polar surface area (TPSA) is 25.2 Å². The molecule has 0 radical (unpaired) electrons. The molecule has 2 heterocycles. The van der Waals surface area contributed by atoms with Crippen molar-refractivity contribution >= 4 is 11.3 Å². The molecule has 0 aliphatic rings. The van der Waals surface area contributed by atoms with Gasteiger partial charge in [-0.15, -0.1) is 11.3 Å². The monoisotopic (exact) mass is 249 g/mol. The minimum Gasteiger partial charge on any atom is -0.469 e. The quantitative estimate of drug-likeness (QED) is 0.836. The van der Waals surface area contributed by atoms with Gasteiger partial charge in [0.15, 0.2) is 0 Å². The summed E-state index contributed by atoms with van der Waals surface area (Å²) < 4.78 is 5.34. The zero-order valence-corrected chi connectivity index (χ0v) is 11.2. The van der Waals surface area contributed by atoms with Crippen molar-refractivity contribution in [3.63, 3.8) is 0 Å². The number of rotatable bonds is 6. The molecule has 0 aliphatic carbocycles. The number of nitrogens with one attached hydrogen (secondary N) is 1. The summed E-state index contributed by atoms with van der Waals surface area (Å²) in [6.45, 7) is 4.45. The van der Waals surface area contributed by atoms with Crippen LogP contribution in [0.15, 0.2) is 40.3 Å². The molecule has 2 aromatic heterocycles. The van der Waals surface area contributed by atoms with E-state index in [1.54, 1.807) is 6.26 Å². The van der Waals surface area contributed by atoms with Crippen LogP contribution in [0, 0.1) is 0 Å². The van der Waals surface area contributed by atoms with E-state index in [-0.39, 0.29) is 0 Å². The number of hydrogen-bond donors (Lipinski definition) is 1. The first kappa shape index (κ1) is 12.4. The Hall–Kier alpha value is -1.06. The highest BCUT2D eigenvalue weighted by molar-refractivity contribution is 7.10. The second-order valence-electron chi connectivity index (χ2n) is 4.42. The van der Waals surface area contributed by atoms with Crippen LogP contribution in [0.1, 0.15) is 36.9 Å². The third kappa shape index (κ3) is 3.72. The Labute approximate surface area is 107 Å². The van der Waals surface area contributed by atoms with Crippen molar-refractivity contribution in [2.45, 2.75) is 38.8 Å². The molecule has 2 atom stereocenters. The van der Waals surface area contributed by atoms with Crippen LogP contribution in [0.25, 0.3) is 0 Å². The number of thiophene rings is 1. The number of furan rings is 1. The average molecular weight is 249 g/mol. The van der Waals surface area contributed by atoms with Crippen LogP contribution in [0.5, 0.6) is 0 Å². The lowest BCUT2D eigenvalue weighted by Crippen LogP contribution is -2.28. The predicted octanol–water partition coefficient (Wildman–Crippen LogP) is 4.01. The molecule has 17 heavy (non-hydrogen) atoms. The lowest BCUT2D eigenvalue weighted by Gasteiger charge is -2.18. The fourth-order valence-corrected chi connectivity index (χ4v) is 2.69. The Morgan fingerprint density at radius 3 is 2.82 bits per heavy atom. The molecule has 0 saturated carbocycles. The summed E-state index contributed by atoms with van der Waals surface area (Å²) in [5.74, 6) is 1.07. The van der Waals surface area contributed by atoms with E-state index in [1.807, 2.05) is 23.5 Å². The lowest BCUT2D eigenvalue weighted by atomic mass is 10.1. The maximum Gasteiger partial charge on any atom is 0.103 e. The molecule has 0 saturated heterocycles. The van der Waals surface area contributed by atoms with Crippen molar-refractivity contribution < 1.29 is 4.42 Å². The summed E-state index contributed by atoms with van der Waals surface area (Å²) in [6, 6.07) is 9.20. The van der Waals surface area contributed by atoms with Crippen LogP contribution in [0.3, 0.4) is 0 Å². The van der Waals surface area contributed by atoms with Crippen molar-refractivity contribution in [1.82, 2.24) is 5.32 Å². The minimum absolute atomic E-state index is 0.432. The molecule has 0 bridgehead atoms. The molecule has 1 unspecified atom stereocenters. The third-order valence-electron chi connectivity index (χ3n) is 2.91. The number of aryl methyl sites for hydroxylation is 1. The molecule has 1 N–H and O–H groups in total. The van der Waals surface area contributed by atoms with E-state index < -0.39 is 0 Å². The fourth-order valence-electron chi connectivity index (χ4n) is 1.94. The summed E-state index contributed by atoms with van der Waals surface area (Å²) in [5.41, 5.74) is 0. The molecule has 2 nitrogen and oxygen atoms in total. The second-order valence-corrected chi connectivity index (χ2v) is 5.40. The van der Waals surface area contributed by atoms with Gasteiger partial charge in [-0.25, -0.2) is 0 Å². The minimum atomic E-state index is 0.432. The molecule has 2 aromatic rings. The fraction of sp³-hybridized carbons (Fsp3) is 0.429. The highest BCUT2D eigenvalue weighted by Crippen LogP contribution is 2.19. The average Bonchev–Trinajstić information content (AvgIpc) is 2.99. The lowest BCUT2D eigenvalue weighted by molar-refractivity contribution is 0.433. The van der Waals surface area contributed by atoms with Gasteiger partial charge >= 0.3 is 0 Å². The van der Waals surface area contributed by atoms with Crippen LogP contribution in [0.2, 0.25) is 0 Å². The smallest absolute Gasteiger partial charge is 0.103 e. The van der Waals surface area contributed by atoms with Gasteiger partial charge in [0, 0.05) is 23.4 Å². The standard InChI is InChI=1S/C14H19NOS/c1-11(7-8-13-5-3-9-16-13)15-12(2)14-6-4-10-17-14/h3-6,9-12,15H,7-8H2,1-2H3/t11?,12-/m1/s1. The van der Waals surface area contributed by atoms with Crippen molar-refractivity contribution in [3.8, 4) is 0 Å². The van der Waals surface area contributed by atoms with E-state index in [0.717, 1.165) is 18.6 Å². The molecule has 0 aromatic carbocycles. The third-order valence-corrected chi connectivity index (χ3v) is 3.96. The zero-order chi connectivity index (χ0) is 12.1. The molecule has 0 amide bonds. The first-order valence-corrected chi connectivity index (χ1v) is 6.95. The zero-order valence-electron chi connectivity index (χ0n) is 10.3. The largest absolute Gasteiger partial charge is 0.469 e. The number of hydrogen-bond acceptors (Lipinski definition) is 3. The summed E-state index contributed by atoms with van der Waals surface area (Å²) in [4.78, 5) is 1.40. The molecule has 92 valence electrons. The Bertz CT molecular complexity index is 407. The molecule has 0 aliphatic heterocycles. The van der Waals surface area contributed by atoms with E-state index >= 15 is 0 Å². The predicted molar refractivity (Wildman–Crippen MR) is 72.4 cm³/mol. The SMILES string of the molecule is CC(CCc1ccco1)N[C@H](C)c1cccs1. The normalized spacial score (nSPS) is 14.7. The van der Waals surface area contributed by atoms with Gasteiger partial charge in [-0.1, -0.05) is 6.07 Å². The molecule has 0 spiro atoms. The Morgan fingerprint density at radius 1 is 1.29 bits per heavy atom. The maximum atomic E-state index is 5.34. The molecule has 3 heteroatoms. The Balaban J connectivity index is 1.75. The van der Waals surface area contributed by atoms with E-state index in [2.05, 4.69) is 36.7 Å². The first-order chi connectivity index (χ1) is 8.25. The van der Waals surface area contributed by atoms with Crippen molar-refractivity contribution in [2.75, 3.05) is 0 Å². The first-order valence-electron chi connectivity index (χ1n) is 6.07. The van der Waals surface area contributed by atoms with Crippen LogP contribution in [0.4, 0.5) is 0 Å². The summed E-state index contributed by atoms with van der Waals surface area (Å²) in [5, 5.41) is 5.74. The van der Waals surface area contributed by atoms with Gasteiger partial charge in [0.05, 0.1) is 6.26 Å². The van der Waals surface area contributed by atoms with Gasteiger partial charge in [-0.2, -0.15) is 0 Å². The van der Waals surface area contributed by atoms with Crippen molar-refractivity contribution in [1.29, 1.82) is 0 Å². The maximum absolute atomic E-state index is 5.34. The van der Waals surface area contributed by atoms with Crippen LogP contribution >= 0.6 is 11.3 Å². The van der Waals surface area contributed by atoms with Gasteiger partial charge in [0.25, 0.3) is 0 Å². The van der Waals surface area contributed by atoms with Crippen LogP contribution < -0.4 is 5.32 Å². The molecule has 0 fully saturated rings. The van der Waals surface area contributed by atoms with Crippen molar-refractivity contribution in [3.05, 3.63) is 46.5 Å². The summed E-state index contributed by atoms with van der Waals surface area (Å²) in [7, 11) is 0. The van der Waals surface area contributed by atoms with Gasteiger partial charge in [0.2, 0.25) is 0 Å². The second kappa shape index (κ2) is 6.03. The van der Waals surface area contributed by atoms with Gasteiger partial charge < -0.3 is 9.73 Å². The van der Waals surface area contributed by atoms with Crippen LogP contribution in [-0.2, 0) is 6.42 Å². The molecular formula is C14H19NOS. The van der Waals surface area contributed by atoms with Gasteiger partial charge in [0.1, 0.15) is 5.76 Å². The summed E-state index contributed by atoms with van der Waals surface area (Å²) >= 11 is 1.81. The molecular weight excluding hydrogens is 230 g/mol. The molecule has 2 rings (SSSR count). The Morgan fingerprint density at radius 2 is 2.18 bits per heavy atom. The Kier molecular flexibility index (Phi) is 4.40. The van der Waals surface area contributed by atoms with E-state index in [4.69, 9.17) is 4.42 Å². The highest BCUT2D eigenvalue weighted by atomic mass is 32.1. The van der Waals surface area contributed by atoms with Crippen LogP contribution in [-0.4, -0.2) is 6.04 Å². The van der Waals surface area contributed by atoms with E-state index in [9.17, 15) is 0 Å². The van der Waals surface area contributed by atoms with E-state index in [1.165, 1.54) is 4.88 Å². The van der Waals surface area contributed by atoms with Gasteiger partial charge in [-0.05, 0) is 43.8 Å². The van der Waals surface area contributed by atoms with E-state index in [0.29, 0.717) is 12.1 Å². The van der Waals surface area contributed by atoms with Gasteiger partial charge in [-0.3, -0.25) is 0 Å². The highest BCUT2D eigenvalue weighted by Gasteiger charge is 2.10. The summed E-state index contributed by atoms with van der Waals surface area (Å²) in [6.07, 6.45) is 3.84.